The Labute approximate surface area is 199 Å². The highest BCUT2D eigenvalue weighted by Gasteiger charge is 2.31. The highest BCUT2D eigenvalue weighted by Crippen LogP contribution is 2.33. The summed E-state index contributed by atoms with van der Waals surface area (Å²) < 4.78 is 2.54. The first-order valence-corrected chi connectivity index (χ1v) is 11.9. The summed E-state index contributed by atoms with van der Waals surface area (Å²) in [5, 5.41) is 0.877. The maximum Gasteiger partial charge on any atom is 0.337 e. The van der Waals surface area contributed by atoms with Crippen LogP contribution in [-0.2, 0) is 17.8 Å². The van der Waals surface area contributed by atoms with Crippen molar-refractivity contribution in [1.29, 1.82) is 0 Å². The average molecular weight is 480 g/mol. The molecule has 2 aromatic carbocycles. The van der Waals surface area contributed by atoms with Gasteiger partial charge < -0.3 is 4.90 Å². The van der Waals surface area contributed by atoms with Gasteiger partial charge in [-0.05, 0) is 62.6 Å². The number of fused-ring (bicyclic) bond motifs is 2. The number of para-hydroxylation sites is 1. The molecule has 0 bridgehead atoms. The van der Waals surface area contributed by atoms with Crippen LogP contribution in [-0.4, -0.2) is 21.1 Å². The molecule has 5 rings (SSSR count). The Hall–Kier alpha value is -3.16. The first-order chi connectivity index (χ1) is 15.8. The molecule has 2 aromatic heterocycles. The van der Waals surface area contributed by atoms with Crippen molar-refractivity contribution in [1.82, 2.24) is 9.13 Å². The van der Waals surface area contributed by atoms with Crippen LogP contribution in [0.1, 0.15) is 22.9 Å². The molecule has 1 atom stereocenters. The smallest absolute Gasteiger partial charge is 0.307 e. The van der Waals surface area contributed by atoms with Crippen molar-refractivity contribution in [3.63, 3.8) is 0 Å². The minimum Gasteiger partial charge on any atom is -0.307 e. The van der Waals surface area contributed by atoms with Gasteiger partial charge in [0.05, 0.1) is 11.1 Å². The van der Waals surface area contributed by atoms with Crippen LogP contribution in [0.15, 0.2) is 58.1 Å². The summed E-state index contributed by atoms with van der Waals surface area (Å²) in [5.74, 6) is -0.184. The van der Waals surface area contributed by atoms with Gasteiger partial charge in [0.2, 0.25) is 5.91 Å². The predicted octanol–water partition coefficient (Wildman–Crippen LogP) is 4.46. The number of anilines is 1. The number of thiophene rings is 1. The standard InChI is InChI=1S/C25H22ClN3O3S/c1-14-11-17-7-4-5-10-20(17)28(14)21(30)13-27-24-22(15(2)16(3)33-24)23(31)29(25(27)32)19-9-6-8-18(26)12-19/h4-10,12,14H,11,13H2,1-3H3. The third kappa shape index (κ3) is 3.43. The Morgan fingerprint density at radius 3 is 2.64 bits per heavy atom. The van der Waals surface area contributed by atoms with Crippen LogP contribution in [0.4, 0.5) is 5.69 Å². The fraction of sp³-hybridized carbons (Fsp3) is 0.240. The third-order valence-corrected chi connectivity index (χ3v) is 7.75. The summed E-state index contributed by atoms with van der Waals surface area (Å²) in [6.07, 6.45) is 0.769. The van der Waals surface area contributed by atoms with E-state index in [1.54, 1.807) is 29.2 Å². The second kappa shape index (κ2) is 8.01. The summed E-state index contributed by atoms with van der Waals surface area (Å²) in [6, 6.07) is 14.4. The van der Waals surface area contributed by atoms with Crippen LogP contribution < -0.4 is 16.1 Å². The summed E-state index contributed by atoms with van der Waals surface area (Å²) in [4.78, 5) is 43.8. The van der Waals surface area contributed by atoms with Crippen molar-refractivity contribution >= 4 is 44.7 Å². The van der Waals surface area contributed by atoms with Gasteiger partial charge in [-0.15, -0.1) is 11.3 Å². The zero-order valence-corrected chi connectivity index (χ0v) is 20.0. The number of aromatic nitrogens is 2. The summed E-state index contributed by atoms with van der Waals surface area (Å²) in [7, 11) is 0. The van der Waals surface area contributed by atoms with Crippen LogP contribution in [0.2, 0.25) is 5.02 Å². The van der Waals surface area contributed by atoms with Gasteiger partial charge in [-0.25, -0.2) is 9.36 Å². The molecule has 6 nitrogen and oxygen atoms in total. The fourth-order valence-corrected chi connectivity index (χ4v) is 5.92. The van der Waals surface area contributed by atoms with Crippen molar-refractivity contribution in [2.24, 2.45) is 0 Å². The number of carbonyl (C=O) groups is 1. The topological polar surface area (TPSA) is 64.3 Å². The van der Waals surface area contributed by atoms with E-state index in [9.17, 15) is 14.4 Å². The lowest BCUT2D eigenvalue weighted by molar-refractivity contribution is -0.119. The van der Waals surface area contributed by atoms with E-state index in [0.717, 1.165) is 32.7 Å². The van der Waals surface area contributed by atoms with Crippen molar-refractivity contribution in [3.05, 3.63) is 90.4 Å². The fourth-order valence-electron chi connectivity index (χ4n) is 4.60. The number of aryl methyl sites for hydroxylation is 2. The molecule has 0 aliphatic carbocycles. The summed E-state index contributed by atoms with van der Waals surface area (Å²) in [6.45, 7) is 5.63. The van der Waals surface area contributed by atoms with Crippen molar-refractivity contribution in [2.45, 2.75) is 39.8 Å². The summed E-state index contributed by atoms with van der Waals surface area (Å²) in [5.41, 5.74) is 2.23. The van der Waals surface area contributed by atoms with E-state index in [-0.39, 0.29) is 18.5 Å². The second-order valence-corrected chi connectivity index (χ2v) is 10.0. The van der Waals surface area contributed by atoms with Crippen LogP contribution in [0.5, 0.6) is 0 Å². The lowest BCUT2D eigenvalue weighted by Gasteiger charge is -2.23. The second-order valence-electron chi connectivity index (χ2n) is 8.40. The molecular weight excluding hydrogens is 458 g/mol. The van der Waals surface area contributed by atoms with Crippen LogP contribution >= 0.6 is 22.9 Å². The number of nitrogens with zero attached hydrogens (tertiary/aromatic N) is 3. The average Bonchev–Trinajstić information content (AvgIpc) is 3.26. The third-order valence-electron chi connectivity index (χ3n) is 6.29. The number of rotatable bonds is 3. The van der Waals surface area contributed by atoms with Gasteiger partial charge in [-0.3, -0.25) is 14.2 Å². The maximum atomic E-state index is 13.6. The van der Waals surface area contributed by atoms with Gasteiger partial charge in [-0.2, -0.15) is 0 Å². The molecule has 1 aliphatic rings. The number of carbonyl (C=O) groups excluding carboxylic acids is 1. The van der Waals surface area contributed by atoms with E-state index in [4.69, 9.17) is 11.6 Å². The van der Waals surface area contributed by atoms with Crippen molar-refractivity contribution in [3.8, 4) is 5.69 Å². The highest BCUT2D eigenvalue weighted by atomic mass is 35.5. The monoisotopic (exact) mass is 479 g/mol. The predicted molar refractivity (Wildman–Crippen MR) is 133 cm³/mol. The SMILES string of the molecule is Cc1sc2c(c1C)c(=O)n(-c1cccc(Cl)c1)c(=O)n2CC(=O)N1c2ccccc2CC1C. The lowest BCUT2D eigenvalue weighted by atomic mass is 10.1. The minimum absolute atomic E-state index is 0.00765. The van der Waals surface area contributed by atoms with Gasteiger partial charge in [0.1, 0.15) is 11.4 Å². The van der Waals surface area contributed by atoms with Gasteiger partial charge in [0, 0.05) is 21.6 Å². The number of hydrogen-bond donors (Lipinski definition) is 0. The van der Waals surface area contributed by atoms with Gasteiger partial charge >= 0.3 is 5.69 Å². The quantitative estimate of drug-likeness (QED) is 0.435. The van der Waals surface area contributed by atoms with Gasteiger partial charge in [0.15, 0.2) is 0 Å². The highest BCUT2D eigenvalue weighted by molar-refractivity contribution is 7.18. The molecule has 1 unspecified atom stereocenters. The Morgan fingerprint density at radius 1 is 1.12 bits per heavy atom. The molecule has 3 heterocycles. The first kappa shape index (κ1) is 21.7. The summed E-state index contributed by atoms with van der Waals surface area (Å²) >= 11 is 7.51. The number of benzene rings is 2. The lowest BCUT2D eigenvalue weighted by Crippen LogP contribution is -2.44. The van der Waals surface area contributed by atoms with Crippen LogP contribution in [0.25, 0.3) is 15.9 Å². The molecule has 0 radical (unpaired) electrons. The van der Waals surface area contributed by atoms with Gasteiger partial charge in [-0.1, -0.05) is 35.9 Å². The minimum atomic E-state index is -0.551. The van der Waals surface area contributed by atoms with E-state index in [0.29, 0.717) is 20.9 Å². The molecule has 1 amide bonds. The van der Waals surface area contributed by atoms with Crippen molar-refractivity contribution in [2.75, 3.05) is 4.90 Å². The van der Waals surface area contributed by atoms with E-state index < -0.39 is 11.2 Å². The van der Waals surface area contributed by atoms with E-state index in [2.05, 4.69) is 0 Å². The van der Waals surface area contributed by atoms with E-state index >= 15 is 0 Å². The molecule has 1 aliphatic heterocycles. The zero-order chi connectivity index (χ0) is 23.4. The largest absolute Gasteiger partial charge is 0.337 e. The Morgan fingerprint density at radius 2 is 1.88 bits per heavy atom. The number of hydrogen-bond acceptors (Lipinski definition) is 4. The molecule has 0 N–H and O–H groups in total. The molecule has 0 spiro atoms. The number of amides is 1. The zero-order valence-electron chi connectivity index (χ0n) is 18.5. The molecule has 8 heteroatoms. The van der Waals surface area contributed by atoms with E-state index in [1.165, 1.54) is 15.9 Å². The maximum absolute atomic E-state index is 13.6. The molecule has 168 valence electrons. The molecule has 0 saturated heterocycles. The Kier molecular flexibility index (Phi) is 5.26. The molecule has 0 fully saturated rings. The molecule has 33 heavy (non-hydrogen) atoms. The molecule has 4 aromatic rings. The van der Waals surface area contributed by atoms with Crippen LogP contribution in [0.3, 0.4) is 0 Å². The normalized spacial score (nSPS) is 15.3. The molecular formula is C25H22ClN3O3S. The van der Waals surface area contributed by atoms with E-state index in [1.807, 2.05) is 45.0 Å². The first-order valence-electron chi connectivity index (χ1n) is 10.7. The van der Waals surface area contributed by atoms with Gasteiger partial charge in [0.25, 0.3) is 5.56 Å². The Balaban J connectivity index is 1.70. The number of halogens is 1. The Bertz CT molecular complexity index is 1550. The van der Waals surface area contributed by atoms with Crippen molar-refractivity contribution < 1.29 is 4.79 Å². The van der Waals surface area contributed by atoms with Crippen LogP contribution in [0, 0.1) is 13.8 Å². The molecule has 0 saturated carbocycles.